The number of carbonyl (C=O) groups excluding carboxylic acids is 2. The van der Waals surface area contributed by atoms with Gasteiger partial charge in [0.2, 0.25) is 0 Å². The number of hydrogen-bond donors (Lipinski definition) is 1. The Balaban J connectivity index is 0.00000256. The summed E-state index contributed by atoms with van der Waals surface area (Å²) in [6, 6.07) is 21.0. The van der Waals surface area contributed by atoms with Crippen molar-refractivity contribution in [2.45, 2.75) is 0 Å². The zero-order chi connectivity index (χ0) is 20.4. The minimum atomic E-state index is -1.42. The Labute approximate surface area is 200 Å². The number of anilines is 1. The molecule has 1 heterocycles. The Bertz CT molecular complexity index is 1240. The van der Waals surface area contributed by atoms with Crippen LogP contribution in [0.3, 0.4) is 0 Å². The molecule has 0 spiro atoms. The van der Waals surface area contributed by atoms with Crippen molar-refractivity contribution in [2.24, 2.45) is 0 Å². The number of aromatic carboxylic acids is 1. The second-order valence-electron chi connectivity index (χ2n) is 6.39. The van der Waals surface area contributed by atoms with Gasteiger partial charge in [-0.1, -0.05) is 48.0 Å². The average Bonchev–Trinajstić information content (AvgIpc) is 2.74. The summed E-state index contributed by atoms with van der Waals surface area (Å²) in [6.45, 7) is 0. The predicted octanol–water partition coefficient (Wildman–Crippen LogP) is 1.17. The van der Waals surface area contributed by atoms with Gasteiger partial charge in [0.15, 0.2) is 0 Å². The minimum Gasteiger partial charge on any atom is -0.545 e. The van der Waals surface area contributed by atoms with Gasteiger partial charge >= 0.3 is 29.6 Å². The number of pyridine rings is 1. The molecule has 0 aliphatic carbocycles. The Morgan fingerprint density at radius 1 is 0.933 bits per heavy atom. The smallest absolute Gasteiger partial charge is 0.545 e. The van der Waals surface area contributed by atoms with Crippen LogP contribution in [0.15, 0.2) is 79.0 Å². The SMILES string of the molecule is O=C(Nc1ccc(Cl)cc1C(=O)[O-])c1ccc(-c2cccc3cccnc23)cc1.[Na+]. The number of amides is 1. The third-order valence-corrected chi connectivity index (χ3v) is 4.78. The van der Waals surface area contributed by atoms with E-state index in [1.807, 2.05) is 42.5 Å². The molecule has 0 saturated carbocycles. The van der Waals surface area contributed by atoms with Gasteiger partial charge in [0.05, 0.1) is 17.2 Å². The maximum atomic E-state index is 12.6. The third-order valence-electron chi connectivity index (χ3n) is 4.54. The number of hydrogen-bond acceptors (Lipinski definition) is 4. The van der Waals surface area contributed by atoms with Crippen LogP contribution in [0.5, 0.6) is 0 Å². The zero-order valence-corrected chi connectivity index (χ0v) is 18.8. The maximum absolute atomic E-state index is 12.6. The number of nitrogens with one attached hydrogen (secondary N) is 1. The first-order valence-corrected chi connectivity index (χ1v) is 9.17. The number of carboxylic acids is 1. The van der Waals surface area contributed by atoms with Crippen LogP contribution in [-0.4, -0.2) is 16.9 Å². The molecule has 4 aromatic rings. The average molecular weight is 425 g/mol. The number of para-hydroxylation sites is 1. The summed E-state index contributed by atoms with van der Waals surface area (Å²) >= 11 is 5.82. The molecular formula is C23H14ClN2NaO3. The van der Waals surface area contributed by atoms with Gasteiger partial charge in [-0.05, 0) is 42.0 Å². The van der Waals surface area contributed by atoms with Gasteiger partial charge in [-0.15, -0.1) is 0 Å². The molecule has 0 fully saturated rings. The molecule has 30 heavy (non-hydrogen) atoms. The summed E-state index contributed by atoms with van der Waals surface area (Å²) in [5.41, 5.74) is 3.11. The number of fused-ring (bicyclic) bond motifs is 1. The first-order chi connectivity index (χ1) is 14.0. The van der Waals surface area contributed by atoms with Crippen molar-refractivity contribution in [3.63, 3.8) is 0 Å². The molecule has 1 aromatic heterocycles. The molecule has 7 heteroatoms. The number of carbonyl (C=O) groups is 2. The fourth-order valence-electron chi connectivity index (χ4n) is 3.13. The van der Waals surface area contributed by atoms with Crippen LogP contribution in [0.1, 0.15) is 20.7 Å². The third kappa shape index (κ3) is 4.55. The fourth-order valence-corrected chi connectivity index (χ4v) is 3.30. The van der Waals surface area contributed by atoms with E-state index in [-0.39, 0.29) is 45.8 Å². The van der Waals surface area contributed by atoms with Crippen molar-refractivity contribution in [1.82, 2.24) is 4.98 Å². The van der Waals surface area contributed by atoms with Crippen molar-refractivity contribution in [3.8, 4) is 11.1 Å². The number of benzene rings is 3. The second-order valence-corrected chi connectivity index (χ2v) is 6.83. The molecule has 0 unspecified atom stereocenters. The molecule has 4 rings (SSSR count). The molecule has 0 bridgehead atoms. The van der Waals surface area contributed by atoms with Crippen LogP contribution in [-0.2, 0) is 0 Å². The molecule has 0 saturated heterocycles. The van der Waals surface area contributed by atoms with Gasteiger partial charge in [0, 0.05) is 33.3 Å². The number of aromatic nitrogens is 1. The molecule has 5 nitrogen and oxygen atoms in total. The van der Waals surface area contributed by atoms with E-state index in [0.717, 1.165) is 22.0 Å². The van der Waals surface area contributed by atoms with Gasteiger partial charge in [-0.2, -0.15) is 0 Å². The topological polar surface area (TPSA) is 82.1 Å². The maximum Gasteiger partial charge on any atom is 1.00 e. The van der Waals surface area contributed by atoms with Gasteiger partial charge in [-0.3, -0.25) is 9.78 Å². The summed E-state index contributed by atoms with van der Waals surface area (Å²) in [4.78, 5) is 28.3. The van der Waals surface area contributed by atoms with Crippen molar-refractivity contribution >= 4 is 40.1 Å². The second kappa shape index (κ2) is 9.41. The van der Waals surface area contributed by atoms with Crippen molar-refractivity contribution < 1.29 is 44.3 Å². The van der Waals surface area contributed by atoms with Crippen LogP contribution in [0.4, 0.5) is 5.69 Å². The summed E-state index contributed by atoms with van der Waals surface area (Å²) < 4.78 is 0. The van der Waals surface area contributed by atoms with Gasteiger partial charge in [-0.25, -0.2) is 0 Å². The quantitative estimate of drug-likeness (QED) is 0.499. The number of nitrogens with zero attached hydrogens (tertiary/aromatic N) is 1. The molecule has 0 aliphatic rings. The van der Waals surface area contributed by atoms with Crippen LogP contribution in [0, 0.1) is 0 Å². The van der Waals surface area contributed by atoms with Crippen LogP contribution in [0.25, 0.3) is 22.0 Å². The van der Waals surface area contributed by atoms with E-state index >= 15 is 0 Å². The van der Waals surface area contributed by atoms with Crippen LogP contribution in [0.2, 0.25) is 5.02 Å². The largest absolute Gasteiger partial charge is 1.00 e. The van der Waals surface area contributed by atoms with E-state index in [2.05, 4.69) is 10.3 Å². The fraction of sp³-hybridized carbons (Fsp3) is 0. The van der Waals surface area contributed by atoms with Crippen molar-refractivity contribution in [1.29, 1.82) is 0 Å². The van der Waals surface area contributed by atoms with E-state index < -0.39 is 11.9 Å². The van der Waals surface area contributed by atoms with Gasteiger partial charge in [0.1, 0.15) is 0 Å². The van der Waals surface area contributed by atoms with Crippen molar-refractivity contribution in [3.05, 3.63) is 95.1 Å². The van der Waals surface area contributed by atoms with E-state index in [9.17, 15) is 14.7 Å². The summed E-state index contributed by atoms with van der Waals surface area (Å²) in [7, 11) is 0. The molecule has 142 valence electrons. The molecule has 1 amide bonds. The first kappa shape index (κ1) is 22.0. The predicted molar refractivity (Wildman–Crippen MR) is 111 cm³/mol. The standard InChI is InChI=1S/C23H15ClN2O3.Na/c24-17-10-11-20(19(13-17)23(28)29)26-22(27)16-8-6-14(7-9-16)18-5-1-3-15-4-2-12-25-21(15)18;/h1-13H,(H,26,27)(H,28,29);/q;+1/p-1. The number of halogens is 1. The summed E-state index contributed by atoms with van der Waals surface area (Å²) in [6.07, 6.45) is 1.74. The van der Waals surface area contributed by atoms with E-state index in [0.29, 0.717) is 5.56 Å². The molecular weight excluding hydrogens is 411 g/mol. The Kier molecular flexibility index (Phi) is 6.90. The Hall–Kier alpha value is -2.70. The van der Waals surface area contributed by atoms with E-state index in [1.165, 1.54) is 18.2 Å². The van der Waals surface area contributed by atoms with Crippen LogP contribution < -0.4 is 40.0 Å². The van der Waals surface area contributed by atoms with E-state index in [4.69, 9.17) is 11.6 Å². The normalized spacial score (nSPS) is 10.3. The molecule has 1 N–H and O–H groups in total. The first-order valence-electron chi connectivity index (χ1n) is 8.79. The summed E-state index contributed by atoms with van der Waals surface area (Å²) in [5.74, 6) is -1.85. The Morgan fingerprint density at radius 2 is 1.67 bits per heavy atom. The monoisotopic (exact) mass is 424 g/mol. The molecule has 0 radical (unpaired) electrons. The molecule has 0 aliphatic heterocycles. The molecule has 0 atom stereocenters. The van der Waals surface area contributed by atoms with E-state index in [1.54, 1.807) is 18.3 Å². The Morgan fingerprint density at radius 3 is 2.40 bits per heavy atom. The minimum absolute atomic E-state index is 0. The van der Waals surface area contributed by atoms with Gasteiger partial charge < -0.3 is 15.2 Å². The zero-order valence-electron chi connectivity index (χ0n) is 16.1. The summed E-state index contributed by atoms with van der Waals surface area (Å²) in [5, 5.41) is 15.1. The number of carboxylic acid groups (broad SMARTS) is 1. The molecule has 3 aromatic carbocycles. The van der Waals surface area contributed by atoms with Crippen LogP contribution >= 0.6 is 11.6 Å². The number of rotatable bonds is 4. The van der Waals surface area contributed by atoms with Gasteiger partial charge in [0.25, 0.3) is 5.91 Å². The van der Waals surface area contributed by atoms with Crippen molar-refractivity contribution in [2.75, 3.05) is 5.32 Å².